The summed E-state index contributed by atoms with van der Waals surface area (Å²) in [6, 6.07) is 0.118. The minimum absolute atomic E-state index is 0.0591. The number of rotatable bonds is 8. The van der Waals surface area contributed by atoms with Crippen LogP contribution in [0.3, 0.4) is 0 Å². The van der Waals surface area contributed by atoms with E-state index in [-0.39, 0.29) is 31.7 Å². The van der Waals surface area contributed by atoms with Crippen LogP contribution in [0, 0.1) is 0 Å². The highest BCUT2D eigenvalue weighted by atomic mass is 16.2. The molecule has 0 saturated heterocycles. The van der Waals surface area contributed by atoms with E-state index in [9.17, 15) is 14.4 Å². The molecule has 0 unspecified atom stereocenters. The molecule has 0 aliphatic rings. The molecule has 0 N–H and O–H groups in total. The van der Waals surface area contributed by atoms with E-state index >= 15 is 0 Å². The Morgan fingerprint density at radius 1 is 0.618 bits per heavy atom. The lowest BCUT2D eigenvalue weighted by Gasteiger charge is -2.12. The molecule has 4 rings (SSSR count). The molecule has 0 aromatic carbocycles. The van der Waals surface area contributed by atoms with Crippen molar-refractivity contribution in [2.45, 2.75) is 59.4 Å². The Balaban J connectivity index is 1.82. The van der Waals surface area contributed by atoms with E-state index in [1.54, 1.807) is 35.0 Å². The smallest absolute Gasteiger partial charge is 0.255 e. The monoisotopic (exact) mass is 470 g/mol. The van der Waals surface area contributed by atoms with E-state index in [2.05, 4.69) is 30.9 Å². The third kappa shape index (κ3) is 4.49. The standard InChI is InChI=1S/C19H26N12O3/c1-12(2)30-10-15(21-24-30)8-28-17(32)27(7-14-6-26(5)23-20-14)18(33)29(19(28)34)9-16-11-31(13(3)4)25-22-16/h6,10-13H,7-9H2,1-5H3. The molecule has 0 fully saturated rings. The molecule has 0 amide bonds. The summed E-state index contributed by atoms with van der Waals surface area (Å²) in [5.41, 5.74) is -1.10. The van der Waals surface area contributed by atoms with Gasteiger partial charge in [0.2, 0.25) is 0 Å². The summed E-state index contributed by atoms with van der Waals surface area (Å²) >= 11 is 0. The lowest BCUT2D eigenvalue weighted by atomic mass is 10.4. The van der Waals surface area contributed by atoms with Crippen molar-refractivity contribution in [3.8, 4) is 0 Å². The minimum atomic E-state index is -0.776. The van der Waals surface area contributed by atoms with Crippen molar-refractivity contribution in [2.24, 2.45) is 7.05 Å². The molecule has 0 bridgehead atoms. The maximum atomic E-state index is 13.3. The SMILES string of the molecule is CC(C)n1cc(Cn2c(=O)n(Cc3cn(C)nn3)c(=O)n(Cc3cn(C(C)C)nn3)c2=O)nn1. The summed E-state index contributed by atoms with van der Waals surface area (Å²) in [6.07, 6.45) is 4.91. The van der Waals surface area contributed by atoms with Gasteiger partial charge in [-0.25, -0.2) is 37.4 Å². The second kappa shape index (κ2) is 8.99. The van der Waals surface area contributed by atoms with Crippen molar-refractivity contribution < 1.29 is 0 Å². The van der Waals surface area contributed by atoms with Crippen molar-refractivity contribution in [3.05, 3.63) is 67.1 Å². The van der Waals surface area contributed by atoms with Crippen LogP contribution in [0.5, 0.6) is 0 Å². The van der Waals surface area contributed by atoms with E-state index in [0.717, 1.165) is 13.7 Å². The topological polar surface area (TPSA) is 158 Å². The summed E-state index contributed by atoms with van der Waals surface area (Å²) in [5.74, 6) is 0. The van der Waals surface area contributed by atoms with Crippen LogP contribution in [-0.2, 0) is 26.7 Å². The Hall–Kier alpha value is -4.17. The largest absolute Gasteiger partial charge is 0.337 e. The second-order valence-electron chi connectivity index (χ2n) is 8.56. The number of aromatic nitrogens is 12. The van der Waals surface area contributed by atoms with Gasteiger partial charge in [0, 0.05) is 25.3 Å². The Morgan fingerprint density at radius 3 is 1.26 bits per heavy atom. The van der Waals surface area contributed by atoms with Gasteiger partial charge in [0.15, 0.2) is 0 Å². The lowest BCUT2D eigenvalue weighted by molar-refractivity contribution is 0.484. The molecule has 15 heteroatoms. The first-order valence-corrected chi connectivity index (χ1v) is 10.7. The molecule has 0 radical (unpaired) electrons. The van der Waals surface area contributed by atoms with Crippen LogP contribution in [0.1, 0.15) is 56.9 Å². The second-order valence-corrected chi connectivity index (χ2v) is 8.56. The van der Waals surface area contributed by atoms with Gasteiger partial charge in [0.1, 0.15) is 17.1 Å². The average Bonchev–Trinajstić information content (AvgIpc) is 3.53. The van der Waals surface area contributed by atoms with Crippen LogP contribution in [0.15, 0.2) is 33.0 Å². The summed E-state index contributed by atoms with van der Waals surface area (Å²) in [7, 11) is 1.68. The zero-order chi connectivity index (χ0) is 24.6. The molecule has 180 valence electrons. The predicted octanol–water partition coefficient (Wildman–Crippen LogP) is -1.21. The van der Waals surface area contributed by atoms with Crippen molar-refractivity contribution in [1.29, 1.82) is 0 Å². The summed E-state index contributed by atoms with van der Waals surface area (Å²) in [5, 5.41) is 24.0. The molecule has 4 heterocycles. The molecule has 34 heavy (non-hydrogen) atoms. The summed E-state index contributed by atoms with van der Waals surface area (Å²) in [6.45, 7) is 7.29. The van der Waals surface area contributed by atoms with Gasteiger partial charge < -0.3 is 0 Å². The first-order valence-electron chi connectivity index (χ1n) is 10.7. The first-order chi connectivity index (χ1) is 16.1. The lowest BCUT2D eigenvalue weighted by Crippen LogP contribution is -2.55. The first kappa shape index (κ1) is 23.0. The fourth-order valence-corrected chi connectivity index (χ4v) is 3.32. The quantitative estimate of drug-likeness (QED) is 0.308. The normalized spacial score (nSPS) is 11.7. The summed E-state index contributed by atoms with van der Waals surface area (Å²) < 4.78 is 7.57. The van der Waals surface area contributed by atoms with Crippen molar-refractivity contribution >= 4 is 0 Å². The molecule has 0 aliphatic carbocycles. The van der Waals surface area contributed by atoms with Gasteiger partial charge in [0.05, 0.1) is 32.0 Å². The number of aryl methyl sites for hydroxylation is 1. The van der Waals surface area contributed by atoms with E-state index in [0.29, 0.717) is 17.1 Å². The fourth-order valence-electron chi connectivity index (χ4n) is 3.32. The fraction of sp³-hybridized carbons (Fsp3) is 0.526. The molecule has 4 aromatic rings. The Bertz CT molecular complexity index is 1390. The molecule has 0 atom stereocenters. The molecular formula is C19H26N12O3. The van der Waals surface area contributed by atoms with E-state index in [4.69, 9.17) is 0 Å². The van der Waals surface area contributed by atoms with Crippen LogP contribution < -0.4 is 17.1 Å². The van der Waals surface area contributed by atoms with Gasteiger partial charge in [-0.3, -0.25) is 4.68 Å². The van der Waals surface area contributed by atoms with Crippen molar-refractivity contribution in [3.63, 3.8) is 0 Å². The highest BCUT2D eigenvalue weighted by Gasteiger charge is 2.19. The van der Waals surface area contributed by atoms with Gasteiger partial charge >= 0.3 is 17.1 Å². The highest BCUT2D eigenvalue weighted by Crippen LogP contribution is 2.04. The third-order valence-corrected chi connectivity index (χ3v) is 5.17. The zero-order valence-corrected chi connectivity index (χ0v) is 19.6. The molecule has 0 spiro atoms. The highest BCUT2D eigenvalue weighted by molar-refractivity contribution is 5.00. The van der Waals surface area contributed by atoms with E-state index in [1.165, 1.54) is 4.68 Å². The van der Waals surface area contributed by atoms with E-state index in [1.807, 2.05) is 27.7 Å². The maximum Gasteiger partial charge on any atom is 0.337 e. The molecular weight excluding hydrogens is 444 g/mol. The van der Waals surface area contributed by atoms with Crippen molar-refractivity contribution in [2.75, 3.05) is 0 Å². The minimum Gasteiger partial charge on any atom is -0.255 e. The van der Waals surface area contributed by atoms with Gasteiger partial charge in [-0.15, -0.1) is 15.3 Å². The zero-order valence-electron chi connectivity index (χ0n) is 19.6. The number of hydrogen-bond donors (Lipinski definition) is 0. The van der Waals surface area contributed by atoms with Crippen LogP contribution in [0.2, 0.25) is 0 Å². The average molecular weight is 470 g/mol. The van der Waals surface area contributed by atoms with E-state index < -0.39 is 17.1 Å². The molecule has 0 saturated carbocycles. The van der Waals surface area contributed by atoms with Gasteiger partial charge in [-0.05, 0) is 27.7 Å². The summed E-state index contributed by atoms with van der Waals surface area (Å²) in [4.78, 5) is 39.8. The molecule has 4 aromatic heterocycles. The Labute approximate surface area is 192 Å². The molecule has 15 nitrogen and oxygen atoms in total. The van der Waals surface area contributed by atoms with Crippen LogP contribution in [0.4, 0.5) is 0 Å². The molecule has 0 aliphatic heterocycles. The predicted molar refractivity (Wildman–Crippen MR) is 118 cm³/mol. The Morgan fingerprint density at radius 2 is 0.971 bits per heavy atom. The van der Waals surface area contributed by atoms with Crippen LogP contribution >= 0.6 is 0 Å². The van der Waals surface area contributed by atoms with Gasteiger partial charge in [-0.2, -0.15) is 0 Å². The third-order valence-electron chi connectivity index (χ3n) is 5.17. The number of nitrogens with zero attached hydrogens (tertiary/aromatic N) is 12. The van der Waals surface area contributed by atoms with Crippen LogP contribution in [-0.4, -0.2) is 58.7 Å². The number of hydrogen-bond acceptors (Lipinski definition) is 9. The van der Waals surface area contributed by atoms with Gasteiger partial charge in [-0.1, -0.05) is 15.6 Å². The van der Waals surface area contributed by atoms with Crippen LogP contribution in [0.25, 0.3) is 0 Å². The van der Waals surface area contributed by atoms with Gasteiger partial charge in [0.25, 0.3) is 0 Å². The maximum absolute atomic E-state index is 13.3. The Kier molecular flexibility index (Phi) is 6.08. The van der Waals surface area contributed by atoms with Crippen molar-refractivity contribution in [1.82, 2.24) is 58.7 Å².